The predicted octanol–water partition coefficient (Wildman–Crippen LogP) is -6.48. The predicted molar refractivity (Wildman–Crippen MR) is 17.0 cm³/mol. The van der Waals surface area contributed by atoms with Crippen molar-refractivity contribution in [2.75, 3.05) is 0 Å². The maximum absolute atomic E-state index is 8.60. The molecule has 0 aromatic rings. The third-order valence-corrected chi connectivity index (χ3v) is 0. The Labute approximate surface area is 184 Å². The van der Waals surface area contributed by atoms with E-state index in [9.17, 15) is 0 Å². The Morgan fingerprint density at radius 3 is 0.444 bits per heavy atom. The molecule has 0 aromatic heterocycles. The van der Waals surface area contributed by atoms with Gasteiger partial charge in [0.2, 0.25) is 0 Å². The normalized spacial score (nSPS) is 5.56. The van der Waals surface area contributed by atoms with E-state index in [1.54, 1.807) is 0 Å². The van der Waals surface area contributed by atoms with Crippen molar-refractivity contribution in [3.63, 3.8) is 0 Å². The van der Waals surface area contributed by atoms with Crippen molar-refractivity contribution in [3.8, 4) is 0 Å². The smallest absolute Gasteiger partial charge is 2.00 e. The molecule has 0 amide bonds. The summed E-state index contributed by atoms with van der Waals surface area (Å²) in [6.07, 6.45) is 0. The van der Waals surface area contributed by atoms with Gasteiger partial charge < -0.3 is 0 Å². The molecular weight excluding hydrogens is 858 g/mol. The summed E-state index contributed by atoms with van der Waals surface area (Å²) in [5, 5.41) is 0. The average molecular weight is 858 g/mol. The molecule has 0 atom stereocenters. The first-order chi connectivity index (χ1) is 6.93. The van der Waals surface area contributed by atoms with E-state index in [1.165, 1.54) is 0 Å². The average Bonchev–Trinajstić information content (AvgIpc) is 1.76. The fourth-order valence-corrected chi connectivity index (χ4v) is 0. The number of hydrogen-bond acceptors (Lipinski definition) is 12. The van der Waals surface area contributed by atoms with Crippen molar-refractivity contribution >= 4 is 72.8 Å². The molecule has 0 saturated carbocycles. The Bertz CT molecular complexity index is 298. The van der Waals surface area contributed by atoms with Crippen LogP contribution >= 0.6 is 0 Å². The van der Waals surface area contributed by atoms with Crippen LogP contribution in [0.15, 0.2) is 0 Å². The van der Waals surface area contributed by atoms with Gasteiger partial charge in [0.05, 0.1) is 0 Å². The molecule has 0 spiro atoms. The fraction of sp³-hybridized carbons (Fsp3) is 0. The van der Waals surface area contributed by atoms with Crippen molar-refractivity contribution in [1.29, 1.82) is 0 Å². The minimum Gasteiger partial charge on any atom is 2.00 e. The van der Waals surface area contributed by atoms with Gasteiger partial charge in [-0.15, -0.1) is 0 Å². The van der Waals surface area contributed by atoms with E-state index in [4.69, 9.17) is 40.5 Å². The zero-order valence-corrected chi connectivity index (χ0v) is 24.1. The van der Waals surface area contributed by atoms with Crippen LogP contribution in [0.5, 0.6) is 0 Å². The Morgan fingerprint density at radius 2 is 0.444 bits per heavy atom. The molecule has 18 heavy (non-hydrogen) atoms. The van der Waals surface area contributed by atoms with Crippen molar-refractivity contribution in [2.24, 2.45) is 0 Å². The minimum absolute atomic E-state index is 0. The van der Waals surface area contributed by atoms with Gasteiger partial charge in [-0.3, -0.25) is 0 Å². The van der Waals surface area contributed by atoms with Gasteiger partial charge in [-0.2, -0.15) is 0 Å². The standard InChI is InChI=1S/4Nb.12O.Pb.Sr/q;;;;;;;;;;;;4*-1;2*+2. The minimum atomic E-state index is -4.20. The topological polar surface area (TPSA) is 229 Å². The second kappa shape index (κ2) is 32.5. The van der Waals surface area contributed by atoms with Gasteiger partial charge in [0.15, 0.2) is 0 Å². The summed E-state index contributed by atoms with van der Waals surface area (Å²) in [5.74, 6) is 0. The molecule has 0 aliphatic heterocycles. The summed E-state index contributed by atoms with van der Waals surface area (Å²) < 4.78 is 103. The molecule has 18 heteroatoms. The largest absolute Gasteiger partial charge is 2.00 e. The van der Waals surface area contributed by atoms with Crippen molar-refractivity contribution in [2.45, 2.75) is 0 Å². The quantitative estimate of drug-likeness (QED) is 0.207. The third kappa shape index (κ3) is 522. The van der Waals surface area contributed by atoms with Crippen molar-refractivity contribution < 1.29 is 116 Å². The molecule has 0 aromatic carbocycles. The molecular formula is Nb4O12PbSr. The molecule has 12 nitrogen and oxygen atoms in total. The zero-order valence-electron chi connectivity index (χ0n) is 7.89. The zero-order chi connectivity index (χ0) is 14.3. The van der Waals surface area contributed by atoms with Crippen LogP contribution in [-0.4, -0.2) is 72.8 Å². The molecule has 0 bridgehead atoms. The molecule has 0 saturated heterocycles. The van der Waals surface area contributed by atoms with Crippen LogP contribution in [0.4, 0.5) is 0 Å². The Hall–Kier alpha value is 3.60. The van der Waals surface area contributed by atoms with Crippen molar-refractivity contribution in [3.05, 3.63) is 0 Å². The van der Waals surface area contributed by atoms with Crippen molar-refractivity contribution in [1.82, 2.24) is 0 Å². The van der Waals surface area contributed by atoms with Gasteiger partial charge in [0.1, 0.15) is 0 Å². The van der Waals surface area contributed by atoms with Gasteiger partial charge in [0.25, 0.3) is 0 Å². The monoisotopic (exact) mass is 859 g/mol. The van der Waals surface area contributed by atoms with Crippen LogP contribution in [0.2, 0.25) is 0 Å². The van der Waals surface area contributed by atoms with Crippen LogP contribution in [-0.2, 0) is 101 Å². The van der Waals surface area contributed by atoms with E-state index in [1.807, 2.05) is 0 Å². The van der Waals surface area contributed by atoms with E-state index in [0.717, 1.165) is 0 Å². The first kappa shape index (κ1) is 37.7. The third-order valence-electron chi connectivity index (χ3n) is 0. The second-order valence-corrected chi connectivity index (χ2v) is 5.29. The molecule has 0 rings (SSSR count). The molecule has 0 N–H and O–H groups in total. The molecule has 0 aliphatic carbocycles. The first-order valence-electron chi connectivity index (χ1n) is 2.19. The fourth-order valence-electron chi connectivity index (χ4n) is 0. The van der Waals surface area contributed by atoms with E-state index in [0.29, 0.717) is 0 Å². The molecule has 0 heterocycles. The SMILES string of the molecule is [O]=[Nb](=[O])[O-].[O]=[Nb](=[O])[O-].[O]=[Nb](=[O])[O-].[O]=[Nb](=[O])[O-].[Pb+2].[Sr+2]. The summed E-state index contributed by atoms with van der Waals surface area (Å²) in [6.45, 7) is 0. The van der Waals surface area contributed by atoms with E-state index >= 15 is 0 Å². The van der Waals surface area contributed by atoms with Gasteiger partial charge in [-0.25, -0.2) is 0 Å². The van der Waals surface area contributed by atoms with Gasteiger partial charge in [-0.05, 0) is 0 Å². The second-order valence-electron chi connectivity index (χ2n) is 0.894. The molecule has 0 fully saturated rings. The summed E-state index contributed by atoms with van der Waals surface area (Å²) in [7, 11) is 0. The molecule has 98 valence electrons. The summed E-state index contributed by atoms with van der Waals surface area (Å²) >= 11 is -16.8. The molecule has 0 unspecified atom stereocenters. The number of rotatable bonds is 0. The summed E-state index contributed by atoms with van der Waals surface area (Å²) in [5.41, 5.74) is 0. The maximum atomic E-state index is 8.60. The molecule has 2 radical (unpaired) electrons. The van der Waals surface area contributed by atoms with E-state index < -0.39 is 75.1 Å². The van der Waals surface area contributed by atoms with Gasteiger partial charge in [-0.1, -0.05) is 0 Å². The van der Waals surface area contributed by atoms with Crippen LogP contribution in [0, 0.1) is 0 Å². The van der Waals surface area contributed by atoms with E-state index in [2.05, 4.69) is 0 Å². The first-order valence-corrected chi connectivity index (χ1v) is 13.0. The summed E-state index contributed by atoms with van der Waals surface area (Å²) in [4.78, 5) is 0. The maximum Gasteiger partial charge on any atom is 2.00 e. The van der Waals surface area contributed by atoms with Gasteiger partial charge >= 0.3 is 188 Å². The van der Waals surface area contributed by atoms with Crippen LogP contribution in [0.3, 0.4) is 0 Å². The Morgan fingerprint density at radius 1 is 0.444 bits per heavy atom. The molecule has 0 aliphatic rings. The Kier molecular flexibility index (Phi) is 68.1. The van der Waals surface area contributed by atoms with Gasteiger partial charge in [0, 0.05) is 0 Å². The van der Waals surface area contributed by atoms with Crippen LogP contribution in [0.25, 0.3) is 0 Å². The summed E-state index contributed by atoms with van der Waals surface area (Å²) in [6, 6.07) is 0. The van der Waals surface area contributed by atoms with E-state index in [-0.39, 0.29) is 72.8 Å². The van der Waals surface area contributed by atoms with Crippen LogP contribution < -0.4 is 14.5 Å². The number of hydrogen-bond donors (Lipinski definition) is 0. The van der Waals surface area contributed by atoms with Crippen LogP contribution in [0.1, 0.15) is 0 Å². The Balaban J connectivity index is -0.0000000257.